The van der Waals surface area contributed by atoms with Crippen LogP contribution < -0.4 is 9.62 Å². The first-order chi connectivity index (χ1) is 19.0. The maximum atomic E-state index is 14.0. The van der Waals surface area contributed by atoms with Gasteiger partial charge in [-0.05, 0) is 75.6 Å². The average Bonchev–Trinajstić information content (AvgIpc) is 3.44. The van der Waals surface area contributed by atoms with Crippen molar-refractivity contribution in [1.82, 2.24) is 10.2 Å². The minimum Gasteiger partial charge on any atom is -0.352 e. The maximum absolute atomic E-state index is 14.0. The third-order valence-electron chi connectivity index (χ3n) is 7.34. The van der Waals surface area contributed by atoms with E-state index in [2.05, 4.69) is 21.2 Å². The first-order valence-corrected chi connectivity index (χ1v) is 15.8. The number of carbonyl (C=O) groups excluding carboxylic acids is 2. The molecule has 3 aromatic rings. The Kier molecular flexibility index (Phi) is 9.68. The average molecular weight is 627 g/mol. The van der Waals surface area contributed by atoms with Crippen molar-refractivity contribution < 1.29 is 18.0 Å². The van der Waals surface area contributed by atoms with Crippen LogP contribution in [0, 0.1) is 13.8 Å². The van der Waals surface area contributed by atoms with Crippen LogP contribution in [0.4, 0.5) is 5.69 Å². The van der Waals surface area contributed by atoms with Gasteiger partial charge in [-0.3, -0.25) is 13.9 Å². The molecule has 212 valence electrons. The lowest BCUT2D eigenvalue weighted by Gasteiger charge is -2.32. The van der Waals surface area contributed by atoms with E-state index in [1.807, 2.05) is 38.1 Å². The van der Waals surface area contributed by atoms with Crippen LogP contribution >= 0.6 is 15.9 Å². The Hall–Kier alpha value is -3.17. The van der Waals surface area contributed by atoms with Crippen LogP contribution in [0.25, 0.3) is 0 Å². The van der Waals surface area contributed by atoms with Gasteiger partial charge in [0.25, 0.3) is 10.0 Å². The Bertz CT molecular complexity index is 1420. The van der Waals surface area contributed by atoms with Crippen LogP contribution in [0.3, 0.4) is 0 Å². The van der Waals surface area contributed by atoms with Crippen molar-refractivity contribution in [1.29, 1.82) is 0 Å². The van der Waals surface area contributed by atoms with E-state index in [-0.39, 0.29) is 23.4 Å². The number of aryl methyl sites for hydroxylation is 2. The summed E-state index contributed by atoms with van der Waals surface area (Å²) in [7, 11) is -4.09. The van der Waals surface area contributed by atoms with Gasteiger partial charge in [-0.25, -0.2) is 8.42 Å². The molecule has 0 radical (unpaired) electrons. The number of hydrogen-bond donors (Lipinski definition) is 1. The molecule has 1 N–H and O–H groups in total. The van der Waals surface area contributed by atoms with Crippen molar-refractivity contribution in [3.05, 3.63) is 94.0 Å². The molecule has 1 fully saturated rings. The second kappa shape index (κ2) is 13.0. The number of amides is 2. The molecule has 4 rings (SSSR count). The van der Waals surface area contributed by atoms with Crippen LogP contribution in [0.15, 0.2) is 82.2 Å². The highest BCUT2D eigenvalue weighted by atomic mass is 79.9. The van der Waals surface area contributed by atoms with E-state index in [0.717, 1.165) is 51.2 Å². The van der Waals surface area contributed by atoms with Gasteiger partial charge >= 0.3 is 0 Å². The summed E-state index contributed by atoms with van der Waals surface area (Å²) in [6, 6.07) is 20.4. The van der Waals surface area contributed by atoms with E-state index in [0.29, 0.717) is 5.69 Å². The molecule has 3 aromatic carbocycles. The molecule has 0 aromatic heterocycles. The van der Waals surface area contributed by atoms with Crippen LogP contribution in [-0.2, 0) is 26.2 Å². The Morgan fingerprint density at radius 3 is 2.02 bits per heavy atom. The summed E-state index contributed by atoms with van der Waals surface area (Å²) in [5.74, 6) is -0.697. The predicted octanol–water partition coefficient (Wildman–Crippen LogP) is 5.74. The smallest absolute Gasteiger partial charge is 0.264 e. The first-order valence-electron chi connectivity index (χ1n) is 13.5. The number of benzene rings is 3. The van der Waals surface area contributed by atoms with E-state index >= 15 is 0 Å². The van der Waals surface area contributed by atoms with Gasteiger partial charge in [0.1, 0.15) is 12.6 Å². The molecule has 9 heteroatoms. The number of rotatable bonds is 10. The van der Waals surface area contributed by atoms with Gasteiger partial charge in [0.2, 0.25) is 11.8 Å². The fraction of sp³-hybridized carbons (Fsp3) is 0.355. The number of nitrogens with zero attached hydrogens (tertiary/aromatic N) is 2. The van der Waals surface area contributed by atoms with Crippen molar-refractivity contribution in [2.45, 2.75) is 70.0 Å². The lowest BCUT2D eigenvalue weighted by Crippen LogP contribution is -2.52. The normalized spacial score (nSPS) is 14.5. The molecule has 40 heavy (non-hydrogen) atoms. The highest BCUT2D eigenvalue weighted by Crippen LogP contribution is 2.26. The fourth-order valence-electron chi connectivity index (χ4n) is 4.84. The van der Waals surface area contributed by atoms with Crippen molar-refractivity contribution in [2.24, 2.45) is 0 Å². The molecule has 0 aliphatic heterocycles. The number of anilines is 1. The molecule has 0 heterocycles. The highest BCUT2D eigenvalue weighted by Gasteiger charge is 2.33. The summed E-state index contributed by atoms with van der Waals surface area (Å²) in [5, 5.41) is 3.09. The van der Waals surface area contributed by atoms with Crippen LogP contribution in [-0.4, -0.2) is 43.8 Å². The van der Waals surface area contributed by atoms with Gasteiger partial charge in [-0.1, -0.05) is 76.3 Å². The molecule has 0 bridgehead atoms. The monoisotopic (exact) mass is 625 g/mol. The highest BCUT2D eigenvalue weighted by molar-refractivity contribution is 9.10. The third kappa shape index (κ3) is 7.31. The largest absolute Gasteiger partial charge is 0.352 e. The zero-order valence-corrected chi connectivity index (χ0v) is 25.5. The molecular formula is C31H36BrN3O4S. The van der Waals surface area contributed by atoms with Crippen molar-refractivity contribution in [2.75, 3.05) is 10.8 Å². The van der Waals surface area contributed by atoms with E-state index in [4.69, 9.17) is 0 Å². The van der Waals surface area contributed by atoms with Gasteiger partial charge in [0.15, 0.2) is 0 Å². The summed E-state index contributed by atoms with van der Waals surface area (Å²) < 4.78 is 29.7. The second-order valence-corrected chi connectivity index (χ2v) is 13.3. The Balaban J connectivity index is 1.67. The predicted molar refractivity (Wildman–Crippen MR) is 161 cm³/mol. The van der Waals surface area contributed by atoms with E-state index < -0.39 is 28.5 Å². The Morgan fingerprint density at radius 2 is 1.45 bits per heavy atom. The van der Waals surface area contributed by atoms with Gasteiger partial charge in [-0.15, -0.1) is 0 Å². The van der Waals surface area contributed by atoms with E-state index in [1.54, 1.807) is 55.5 Å². The lowest BCUT2D eigenvalue weighted by molar-refractivity contribution is -0.139. The summed E-state index contributed by atoms with van der Waals surface area (Å²) in [6.07, 6.45) is 4.00. The molecule has 2 amide bonds. The van der Waals surface area contributed by atoms with E-state index in [9.17, 15) is 18.0 Å². The van der Waals surface area contributed by atoms with Crippen molar-refractivity contribution >= 4 is 43.5 Å². The number of carbonyl (C=O) groups is 2. The maximum Gasteiger partial charge on any atom is 0.264 e. The molecule has 0 spiro atoms. The van der Waals surface area contributed by atoms with Gasteiger partial charge in [0, 0.05) is 17.1 Å². The van der Waals surface area contributed by atoms with Gasteiger partial charge in [-0.2, -0.15) is 0 Å². The molecule has 1 saturated carbocycles. The molecular weight excluding hydrogens is 590 g/mol. The number of nitrogens with one attached hydrogen (secondary N) is 1. The SMILES string of the molecule is Cc1ccc(CN(C(=O)CN(c2ccc(Br)cc2)S(=O)(=O)c2ccc(C)cc2)[C@@H](C)C(=O)NC2CCCC2)cc1. The molecule has 1 aliphatic carbocycles. The molecule has 7 nitrogen and oxygen atoms in total. The van der Waals surface area contributed by atoms with Gasteiger partial charge in [0.05, 0.1) is 10.6 Å². The van der Waals surface area contributed by atoms with E-state index in [1.165, 1.54) is 4.90 Å². The fourth-order valence-corrected chi connectivity index (χ4v) is 6.52. The van der Waals surface area contributed by atoms with Crippen LogP contribution in [0.1, 0.15) is 49.3 Å². The molecule has 1 aliphatic rings. The Labute approximate surface area is 245 Å². The van der Waals surface area contributed by atoms with Crippen molar-refractivity contribution in [3.63, 3.8) is 0 Å². The molecule has 0 unspecified atom stereocenters. The number of hydrogen-bond acceptors (Lipinski definition) is 4. The topological polar surface area (TPSA) is 86.8 Å². The lowest BCUT2D eigenvalue weighted by atomic mass is 10.1. The standard InChI is InChI=1S/C31H36BrN3O4S/c1-22-8-12-25(13-9-22)20-34(24(3)31(37)33-27-6-4-5-7-27)30(36)21-35(28-16-14-26(32)15-17-28)40(38,39)29-18-10-23(2)11-19-29/h8-19,24,27H,4-7,20-21H2,1-3H3,(H,33,37)/t24-/m0/s1. The van der Waals surface area contributed by atoms with Crippen LogP contribution in [0.5, 0.6) is 0 Å². The molecule has 1 atom stereocenters. The summed E-state index contributed by atoms with van der Waals surface area (Å²) in [6.45, 7) is 5.29. The zero-order chi connectivity index (χ0) is 28.9. The zero-order valence-electron chi connectivity index (χ0n) is 23.1. The number of sulfonamides is 1. The minimum atomic E-state index is -4.09. The first kappa shape index (κ1) is 29.8. The summed E-state index contributed by atoms with van der Waals surface area (Å²) in [5.41, 5.74) is 3.22. The minimum absolute atomic E-state index is 0.0888. The summed E-state index contributed by atoms with van der Waals surface area (Å²) in [4.78, 5) is 28.9. The van der Waals surface area contributed by atoms with Crippen molar-refractivity contribution in [3.8, 4) is 0 Å². The quantitative estimate of drug-likeness (QED) is 0.311. The van der Waals surface area contributed by atoms with Gasteiger partial charge < -0.3 is 10.2 Å². The number of halogens is 1. The third-order valence-corrected chi connectivity index (χ3v) is 9.66. The second-order valence-electron chi connectivity index (χ2n) is 10.5. The summed E-state index contributed by atoms with van der Waals surface area (Å²) >= 11 is 3.40. The molecule has 0 saturated heterocycles. The Morgan fingerprint density at radius 1 is 0.900 bits per heavy atom. The van der Waals surface area contributed by atoms with Crippen LogP contribution in [0.2, 0.25) is 0 Å².